The van der Waals surface area contributed by atoms with Gasteiger partial charge in [0.25, 0.3) is 0 Å². The van der Waals surface area contributed by atoms with Crippen molar-refractivity contribution in [3.05, 3.63) is 84.2 Å². The van der Waals surface area contributed by atoms with Crippen LogP contribution in [0.2, 0.25) is 0 Å². The van der Waals surface area contributed by atoms with Gasteiger partial charge >= 0.3 is 0 Å². The number of benzene rings is 2. The van der Waals surface area contributed by atoms with Crippen molar-refractivity contribution < 1.29 is 17.9 Å². The van der Waals surface area contributed by atoms with E-state index in [0.29, 0.717) is 22.1 Å². The number of hydrogen-bond acceptors (Lipinski definition) is 7. The molecule has 2 heterocycles. The highest BCUT2D eigenvalue weighted by molar-refractivity contribution is 7.90. The molecule has 0 atom stereocenters. The first-order chi connectivity index (χ1) is 15.9. The zero-order chi connectivity index (χ0) is 23.3. The fourth-order valence-electron chi connectivity index (χ4n) is 3.33. The molecule has 170 valence electrons. The van der Waals surface area contributed by atoms with E-state index in [1.54, 1.807) is 43.6 Å². The maximum atomic E-state index is 13.2. The van der Waals surface area contributed by atoms with E-state index in [1.807, 2.05) is 36.4 Å². The molecule has 0 N–H and O–H groups in total. The molecule has 9 heteroatoms. The predicted octanol–water partition coefficient (Wildman–Crippen LogP) is 4.24. The van der Waals surface area contributed by atoms with E-state index in [1.165, 1.54) is 16.2 Å². The summed E-state index contributed by atoms with van der Waals surface area (Å²) in [4.78, 5) is 23.7. The number of anilines is 1. The molecular formula is C24H23N3O4S2. The lowest BCUT2D eigenvalue weighted by molar-refractivity contribution is -0.118. The van der Waals surface area contributed by atoms with Gasteiger partial charge in [-0.15, -0.1) is 0 Å². The van der Waals surface area contributed by atoms with Crippen LogP contribution < -0.4 is 9.64 Å². The zero-order valence-corrected chi connectivity index (χ0v) is 19.7. The normalized spacial score (nSPS) is 11.4. The van der Waals surface area contributed by atoms with E-state index in [2.05, 4.69) is 9.97 Å². The lowest BCUT2D eigenvalue weighted by Crippen LogP contribution is -2.32. The van der Waals surface area contributed by atoms with Gasteiger partial charge in [-0.1, -0.05) is 47.7 Å². The molecule has 4 aromatic rings. The van der Waals surface area contributed by atoms with Crippen LogP contribution in [-0.4, -0.2) is 37.2 Å². The van der Waals surface area contributed by atoms with Gasteiger partial charge in [-0.25, -0.2) is 13.4 Å². The Bertz CT molecular complexity index is 1340. The predicted molar refractivity (Wildman–Crippen MR) is 130 cm³/mol. The smallest absolute Gasteiger partial charge is 0.230 e. The average molecular weight is 482 g/mol. The molecule has 0 bridgehead atoms. The number of methoxy groups -OCH3 is 1. The van der Waals surface area contributed by atoms with Crippen molar-refractivity contribution in [1.82, 2.24) is 9.97 Å². The Balaban J connectivity index is 1.56. The summed E-state index contributed by atoms with van der Waals surface area (Å²) in [5, 5.41) is 0.495. The lowest BCUT2D eigenvalue weighted by Gasteiger charge is -2.19. The Labute approximate surface area is 196 Å². The fraction of sp³-hybridized carbons (Fsp3) is 0.208. The summed E-state index contributed by atoms with van der Waals surface area (Å²) in [6, 6.07) is 19.9. The van der Waals surface area contributed by atoms with Crippen LogP contribution in [0.3, 0.4) is 0 Å². The Morgan fingerprint density at radius 1 is 1.06 bits per heavy atom. The maximum absolute atomic E-state index is 13.2. The summed E-state index contributed by atoms with van der Waals surface area (Å²) in [5.74, 6) is 0.0520. The van der Waals surface area contributed by atoms with E-state index in [4.69, 9.17) is 4.74 Å². The van der Waals surface area contributed by atoms with E-state index < -0.39 is 9.84 Å². The second-order valence-electron chi connectivity index (χ2n) is 7.46. The number of sulfone groups is 1. The summed E-state index contributed by atoms with van der Waals surface area (Å²) >= 11 is 1.36. The van der Waals surface area contributed by atoms with E-state index in [-0.39, 0.29) is 30.4 Å². The first-order valence-corrected chi connectivity index (χ1v) is 13.0. The molecular weight excluding hydrogens is 458 g/mol. The molecule has 0 aliphatic rings. The number of rotatable bonds is 9. The molecule has 0 spiro atoms. The lowest BCUT2D eigenvalue weighted by atomic mass is 10.2. The number of nitrogens with zero attached hydrogens (tertiary/aromatic N) is 3. The molecule has 4 rings (SSSR count). The number of amides is 1. The SMILES string of the molecule is COc1ccc2nc(N(Cc3ccccn3)C(=O)CCS(=O)(=O)Cc3ccccc3)sc2c1. The van der Waals surface area contributed by atoms with Crippen LogP contribution >= 0.6 is 11.3 Å². The van der Waals surface area contributed by atoms with E-state index in [0.717, 1.165) is 10.2 Å². The molecule has 0 unspecified atom stereocenters. The minimum Gasteiger partial charge on any atom is -0.497 e. The van der Waals surface area contributed by atoms with Crippen LogP contribution in [0.25, 0.3) is 10.2 Å². The Morgan fingerprint density at radius 2 is 1.85 bits per heavy atom. The number of thiazole rings is 1. The molecule has 7 nitrogen and oxygen atoms in total. The molecule has 2 aromatic carbocycles. The number of carbonyl (C=O) groups is 1. The minimum atomic E-state index is -3.45. The van der Waals surface area contributed by atoms with Crippen LogP contribution in [0.5, 0.6) is 5.75 Å². The van der Waals surface area contributed by atoms with Crippen LogP contribution in [0.15, 0.2) is 72.9 Å². The first kappa shape index (κ1) is 22.9. The molecule has 0 aliphatic carbocycles. The zero-order valence-electron chi connectivity index (χ0n) is 18.0. The quantitative estimate of drug-likeness (QED) is 0.355. The fourth-order valence-corrected chi connectivity index (χ4v) is 5.67. The number of hydrogen-bond donors (Lipinski definition) is 0. The standard InChI is InChI=1S/C24H23N3O4S2/c1-31-20-10-11-21-22(15-20)32-24(26-21)27(16-19-9-5-6-13-25-19)23(28)12-14-33(29,30)17-18-7-3-2-4-8-18/h2-11,13,15H,12,14,16-17H2,1H3. The monoisotopic (exact) mass is 481 g/mol. The molecule has 0 aliphatic heterocycles. The van der Waals surface area contributed by atoms with Gasteiger partial charge in [0, 0.05) is 12.6 Å². The highest BCUT2D eigenvalue weighted by atomic mass is 32.2. The number of fused-ring (bicyclic) bond motifs is 1. The second-order valence-corrected chi connectivity index (χ2v) is 10.7. The number of pyridine rings is 1. The van der Waals surface area contributed by atoms with Crippen LogP contribution in [0.1, 0.15) is 17.7 Å². The van der Waals surface area contributed by atoms with Crippen molar-refractivity contribution in [2.45, 2.75) is 18.7 Å². The molecule has 0 saturated carbocycles. The van der Waals surface area contributed by atoms with Gasteiger partial charge in [-0.05, 0) is 35.9 Å². The molecule has 2 aromatic heterocycles. The third kappa shape index (κ3) is 5.94. The molecule has 0 fully saturated rings. The summed E-state index contributed by atoms with van der Waals surface area (Å²) in [6.45, 7) is 0.204. The maximum Gasteiger partial charge on any atom is 0.230 e. The first-order valence-electron chi connectivity index (χ1n) is 10.3. The van der Waals surface area contributed by atoms with Gasteiger partial charge in [-0.3, -0.25) is 14.7 Å². The van der Waals surface area contributed by atoms with E-state index in [9.17, 15) is 13.2 Å². The third-order valence-corrected chi connectivity index (χ3v) is 7.66. The second kappa shape index (κ2) is 10.1. The summed E-state index contributed by atoms with van der Waals surface area (Å²) in [6.07, 6.45) is 1.52. The highest BCUT2D eigenvalue weighted by Crippen LogP contribution is 2.32. The summed E-state index contributed by atoms with van der Waals surface area (Å²) in [7, 11) is -1.86. The van der Waals surface area contributed by atoms with Gasteiger partial charge in [0.15, 0.2) is 15.0 Å². The van der Waals surface area contributed by atoms with Crippen molar-refractivity contribution in [1.29, 1.82) is 0 Å². The Morgan fingerprint density at radius 3 is 2.58 bits per heavy atom. The molecule has 0 radical (unpaired) electrons. The van der Waals surface area contributed by atoms with E-state index >= 15 is 0 Å². The van der Waals surface area contributed by atoms with Gasteiger partial charge in [0.05, 0.1) is 41.1 Å². The van der Waals surface area contributed by atoms with Gasteiger partial charge in [0.1, 0.15) is 5.75 Å². The van der Waals surface area contributed by atoms with Crippen molar-refractivity contribution in [3.63, 3.8) is 0 Å². The number of ether oxygens (including phenoxy) is 1. The van der Waals surface area contributed by atoms with Crippen LogP contribution in [-0.2, 0) is 26.9 Å². The van der Waals surface area contributed by atoms with Crippen molar-refractivity contribution >= 4 is 42.4 Å². The van der Waals surface area contributed by atoms with Crippen molar-refractivity contribution in [2.24, 2.45) is 0 Å². The average Bonchev–Trinajstić information content (AvgIpc) is 3.25. The minimum absolute atomic E-state index is 0.0949. The summed E-state index contributed by atoms with van der Waals surface area (Å²) in [5.41, 5.74) is 2.14. The summed E-state index contributed by atoms with van der Waals surface area (Å²) < 4.78 is 31.4. The van der Waals surface area contributed by atoms with Crippen molar-refractivity contribution in [2.75, 3.05) is 17.8 Å². The molecule has 0 saturated heterocycles. The van der Waals surface area contributed by atoms with Crippen LogP contribution in [0, 0.1) is 0 Å². The van der Waals surface area contributed by atoms with Crippen LogP contribution in [0.4, 0.5) is 5.13 Å². The number of aromatic nitrogens is 2. The van der Waals surface area contributed by atoms with Gasteiger partial charge < -0.3 is 4.74 Å². The Kier molecular flexibility index (Phi) is 7.00. The number of carbonyl (C=O) groups excluding carboxylic acids is 1. The Hall–Kier alpha value is -3.30. The highest BCUT2D eigenvalue weighted by Gasteiger charge is 2.23. The third-order valence-electron chi connectivity index (χ3n) is 5.02. The molecule has 33 heavy (non-hydrogen) atoms. The topological polar surface area (TPSA) is 89.5 Å². The molecule has 1 amide bonds. The van der Waals surface area contributed by atoms with Crippen molar-refractivity contribution in [3.8, 4) is 5.75 Å². The van der Waals surface area contributed by atoms with Gasteiger partial charge in [0.2, 0.25) is 5.91 Å². The largest absolute Gasteiger partial charge is 0.497 e. The van der Waals surface area contributed by atoms with Gasteiger partial charge in [-0.2, -0.15) is 0 Å².